The van der Waals surface area contributed by atoms with E-state index in [4.69, 9.17) is 0 Å². The number of hydrogen-bond donors (Lipinski definition) is 1. The second-order valence-electron chi connectivity index (χ2n) is 3.73. The third-order valence-electron chi connectivity index (χ3n) is 2.54. The number of carbonyl (C=O) groups is 1. The number of amides is 1. The molecule has 0 fully saturated rings. The number of pyridine rings is 1. The molecule has 0 spiro atoms. The molecule has 1 amide bonds. The van der Waals surface area contributed by atoms with Crippen LogP contribution in [0.2, 0.25) is 0 Å². The highest BCUT2D eigenvalue weighted by atomic mass is 19.1. The van der Waals surface area contributed by atoms with Gasteiger partial charge in [0.1, 0.15) is 11.6 Å². The summed E-state index contributed by atoms with van der Waals surface area (Å²) in [6.45, 7) is 0. The Hall–Kier alpha value is -2.43. The maximum absolute atomic E-state index is 12.8. The molecule has 92 valence electrons. The highest BCUT2D eigenvalue weighted by Crippen LogP contribution is 2.22. The standard InChI is InChI=1S/C13H11FN2O2/c1-16(10-4-6-15-7-5-10)13(18)11-3-2-9(14)8-12(11)17/h2-8,17H,1H3. The van der Waals surface area contributed by atoms with Gasteiger partial charge in [-0.05, 0) is 24.3 Å². The van der Waals surface area contributed by atoms with Crippen molar-refractivity contribution in [2.75, 3.05) is 11.9 Å². The van der Waals surface area contributed by atoms with Crippen LogP contribution in [-0.4, -0.2) is 23.0 Å². The lowest BCUT2D eigenvalue weighted by Crippen LogP contribution is -2.26. The molecule has 5 heteroatoms. The van der Waals surface area contributed by atoms with E-state index in [9.17, 15) is 14.3 Å². The van der Waals surface area contributed by atoms with E-state index >= 15 is 0 Å². The summed E-state index contributed by atoms with van der Waals surface area (Å²) in [7, 11) is 1.57. The molecule has 0 aliphatic carbocycles. The first-order chi connectivity index (χ1) is 8.59. The van der Waals surface area contributed by atoms with Gasteiger partial charge in [0.15, 0.2) is 0 Å². The summed E-state index contributed by atoms with van der Waals surface area (Å²) in [5.74, 6) is -1.38. The van der Waals surface area contributed by atoms with Gasteiger partial charge >= 0.3 is 0 Å². The van der Waals surface area contributed by atoms with Gasteiger partial charge in [-0.25, -0.2) is 4.39 Å². The molecule has 1 aromatic carbocycles. The number of benzene rings is 1. The normalized spacial score (nSPS) is 10.1. The summed E-state index contributed by atoms with van der Waals surface area (Å²) in [6, 6.07) is 6.63. The Balaban J connectivity index is 2.32. The first kappa shape index (κ1) is 12.0. The summed E-state index contributed by atoms with van der Waals surface area (Å²) >= 11 is 0. The number of carbonyl (C=O) groups excluding carboxylic acids is 1. The number of halogens is 1. The average molecular weight is 246 g/mol. The number of rotatable bonds is 2. The lowest BCUT2D eigenvalue weighted by Gasteiger charge is -2.17. The van der Waals surface area contributed by atoms with Crippen molar-refractivity contribution in [2.24, 2.45) is 0 Å². The van der Waals surface area contributed by atoms with Crippen LogP contribution in [0.5, 0.6) is 5.75 Å². The third kappa shape index (κ3) is 2.29. The van der Waals surface area contributed by atoms with E-state index in [0.717, 1.165) is 12.1 Å². The molecule has 0 unspecified atom stereocenters. The van der Waals surface area contributed by atoms with Crippen molar-refractivity contribution in [3.63, 3.8) is 0 Å². The van der Waals surface area contributed by atoms with Crippen molar-refractivity contribution >= 4 is 11.6 Å². The summed E-state index contributed by atoms with van der Waals surface area (Å²) in [5.41, 5.74) is 0.689. The Morgan fingerprint density at radius 3 is 2.56 bits per heavy atom. The molecule has 0 saturated carbocycles. The van der Waals surface area contributed by atoms with Crippen LogP contribution in [-0.2, 0) is 0 Å². The largest absolute Gasteiger partial charge is 0.507 e. The minimum absolute atomic E-state index is 0.0516. The summed E-state index contributed by atoms with van der Waals surface area (Å²) in [5, 5.41) is 9.56. The van der Waals surface area contributed by atoms with Crippen LogP contribution >= 0.6 is 0 Å². The molecule has 0 atom stereocenters. The van der Waals surface area contributed by atoms with Crippen LogP contribution in [0.1, 0.15) is 10.4 Å². The molecule has 2 aromatic rings. The van der Waals surface area contributed by atoms with Crippen molar-refractivity contribution in [3.8, 4) is 5.75 Å². The molecule has 0 aliphatic heterocycles. The van der Waals surface area contributed by atoms with Gasteiger partial charge in [0, 0.05) is 31.2 Å². The van der Waals surface area contributed by atoms with Crippen LogP contribution in [0.15, 0.2) is 42.7 Å². The second-order valence-corrected chi connectivity index (χ2v) is 3.73. The van der Waals surface area contributed by atoms with Gasteiger partial charge in [0.2, 0.25) is 0 Å². The maximum atomic E-state index is 12.8. The first-order valence-corrected chi connectivity index (χ1v) is 5.26. The van der Waals surface area contributed by atoms with Crippen molar-refractivity contribution in [3.05, 3.63) is 54.1 Å². The average Bonchev–Trinajstić information content (AvgIpc) is 2.38. The molecular formula is C13H11FN2O2. The first-order valence-electron chi connectivity index (χ1n) is 5.26. The van der Waals surface area contributed by atoms with Gasteiger partial charge in [0.05, 0.1) is 5.56 Å². The molecule has 0 bridgehead atoms. The Morgan fingerprint density at radius 2 is 1.94 bits per heavy atom. The van der Waals surface area contributed by atoms with Gasteiger partial charge < -0.3 is 10.0 Å². The Bertz CT molecular complexity index is 572. The number of phenols is 1. The van der Waals surface area contributed by atoms with Gasteiger partial charge in [-0.15, -0.1) is 0 Å². The summed E-state index contributed by atoms with van der Waals surface area (Å²) in [4.78, 5) is 17.3. The fraction of sp³-hybridized carbons (Fsp3) is 0.0769. The lowest BCUT2D eigenvalue weighted by atomic mass is 10.1. The quantitative estimate of drug-likeness (QED) is 0.883. The molecule has 18 heavy (non-hydrogen) atoms. The zero-order valence-corrected chi connectivity index (χ0v) is 9.67. The van der Waals surface area contributed by atoms with E-state index < -0.39 is 11.7 Å². The molecular weight excluding hydrogens is 235 g/mol. The van der Waals surface area contributed by atoms with Crippen LogP contribution in [0.3, 0.4) is 0 Å². The van der Waals surface area contributed by atoms with Crippen molar-refractivity contribution in [1.82, 2.24) is 4.98 Å². The topological polar surface area (TPSA) is 53.4 Å². The van der Waals surface area contributed by atoms with Crippen LogP contribution < -0.4 is 4.90 Å². The smallest absolute Gasteiger partial charge is 0.261 e. The number of nitrogens with zero attached hydrogens (tertiary/aromatic N) is 2. The molecule has 0 saturated heterocycles. The monoisotopic (exact) mass is 246 g/mol. The van der Waals surface area contributed by atoms with Crippen LogP contribution in [0, 0.1) is 5.82 Å². The Kier molecular flexibility index (Phi) is 3.23. The fourth-order valence-corrected chi connectivity index (χ4v) is 1.55. The number of aromatic nitrogens is 1. The molecule has 0 radical (unpaired) electrons. The molecule has 4 nitrogen and oxygen atoms in total. The minimum Gasteiger partial charge on any atom is -0.507 e. The number of phenolic OH excluding ortho intramolecular Hbond substituents is 1. The summed E-state index contributed by atoms with van der Waals surface area (Å²) in [6.07, 6.45) is 3.12. The SMILES string of the molecule is CN(C(=O)c1ccc(F)cc1O)c1ccncc1. The minimum atomic E-state index is -0.587. The van der Waals surface area contributed by atoms with E-state index in [1.807, 2.05) is 0 Å². The zero-order chi connectivity index (χ0) is 13.1. The van der Waals surface area contributed by atoms with Crippen LogP contribution in [0.4, 0.5) is 10.1 Å². The molecule has 1 aromatic heterocycles. The number of aromatic hydroxyl groups is 1. The predicted molar refractivity (Wildman–Crippen MR) is 65.0 cm³/mol. The van der Waals surface area contributed by atoms with Gasteiger partial charge in [-0.3, -0.25) is 9.78 Å². The Labute approximate surface area is 103 Å². The third-order valence-corrected chi connectivity index (χ3v) is 2.54. The van der Waals surface area contributed by atoms with E-state index in [2.05, 4.69) is 4.98 Å². The van der Waals surface area contributed by atoms with Gasteiger partial charge in [-0.2, -0.15) is 0 Å². The number of hydrogen-bond acceptors (Lipinski definition) is 3. The van der Waals surface area contributed by atoms with Crippen molar-refractivity contribution in [1.29, 1.82) is 0 Å². The van der Waals surface area contributed by atoms with E-state index in [1.54, 1.807) is 31.6 Å². The van der Waals surface area contributed by atoms with Crippen molar-refractivity contribution in [2.45, 2.75) is 0 Å². The van der Waals surface area contributed by atoms with E-state index in [1.165, 1.54) is 11.0 Å². The summed E-state index contributed by atoms with van der Waals surface area (Å²) < 4.78 is 12.8. The predicted octanol–water partition coefficient (Wildman–Crippen LogP) is 2.20. The highest BCUT2D eigenvalue weighted by molar-refractivity contribution is 6.07. The lowest BCUT2D eigenvalue weighted by molar-refractivity contribution is 0.0990. The second kappa shape index (κ2) is 4.83. The van der Waals surface area contributed by atoms with Gasteiger partial charge in [0.25, 0.3) is 5.91 Å². The molecule has 2 rings (SSSR count). The van der Waals surface area contributed by atoms with Crippen molar-refractivity contribution < 1.29 is 14.3 Å². The highest BCUT2D eigenvalue weighted by Gasteiger charge is 2.17. The van der Waals surface area contributed by atoms with E-state index in [0.29, 0.717) is 5.69 Å². The maximum Gasteiger partial charge on any atom is 0.261 e. The molecule has 1 N–H and O–H groups in total. The van der Waals surface area contributed by atoms with Crippen LogP contribution in [0.25, 0.3) is 0 Å². The van der Waals surface area contributed by atoms with Gasteiger partial charge in [-0.1, -0.05) is 0 Å². The fourth-order valence-electron chi connectivity index (χ4n) is 1.55. The Morgan fingerprint density at radius 1 is 1.28 bits per heavy atom. The zero-order valence-electron chi connectivity index (χ0n) is 9.67. The number of anilines is 1. The van der Waals surface area contributed by atoms with E-state index in [-0.39, 0.29) is 11.3 Å². The molecule has 1 heterocycles. The molecule has 0 aliphatic rings.